The Morgan fingerprint density at radius 3 is 2.83 bits per heavy atom. The summed E-state index contributed by atoms with van der Waals surface area (Å²) in [7, 11) is 0. The summed E-state index contributed by atoms with van der Waals surface area (Å²) in [6.07, 6.45) is 5.72. The van der Waals surface area contributed by atoms with E-state index in [4.69, 9.17) is 22.1 Å². The Kier molecular flexibility index (Phi) is 6.28. The number of hydrogen-bond acceptors (Lipinski definition) is 8. The summed E-state index contributed by atoms with van der Waals surface area (Å²) in [4.78, 5) is 22.7. The van der Waals surface area contributed by atoms with Crippen LogP contribution in [0.1, 0.15) is 35.4 Å². The van der Waals surface area contributed by atoms with E-state index in [1.54, 1.807) is 10.6 Å². The standard InChI is InChI=1S/C23H27BrClN7O2S/c24-18-8-15(20-22(26)27-12-28-32(18)20)31-5-1-2-14(10-31)29-23(33)21-16(9-19(25)35-21)34-17-11-30-6-3-13(17)4-7-30/h8-9,12-14,17H,1-7,10-11H2,(H,29,33)(H2,26,27,28)/t14-,17-/m1/s1. The van der Waals surface area contributed by atoms with Gasteiger partial charge >= 0.3 is 0 Å². The van der Waals surface area contributed by atoms with E-state index in [1.165, 1.54) is 17.7 Å². The van der Waals surface area contributed by atoms with Gasteiger partial charge in [0, 0.05) is 31.7 Å². The van der Waals surface area contributed by atoms with E-state index in [0.29, 0.717) is 33.2 Å². The van der Waals surface area contributed by atoms with Gasteiger partial charge in [-0.05, 0) is 66.7 Å². The summed E-state index contributed by atoms with van der Waals surface area (Å²) in [6, 6.07) is 3.78. The second kappa shape index (κ2) is 9.42. The Hall–Kier alpha value is -2.08. The van der Waals surface area contributed by atoms with Crippen molar-refractivity contribution in [1.29, 1.82) is 0 Å². The van der Waals surface area contributed by atoms with E-state index < -0.39 is 0 Å². The molecule has 1 amide bonds. The second-order valence-electron chi connectivity index (χ2n) is 9.55. The number of piperidine rings is 4. The molecule has 0 spiro atoms. The van der Waals surface area contributed by atoms with Crippen LogP contribution in [0.2, 0.25) is 4.34 Å². The van der Waals surface area contributed by atoms with E-state index in [1.807, 2.05) is 6.07 Å². The largest absolute Gasteiger partial charge is 0.487 e. The highest BCUT2D eigenvalue weighted by atomic mass is 79.9. The number of nitrogens with one attached hydrogen (secondary N) is 1. The van der Waals surface area contributed by atoms with Gasteiger partial charge in [-0.1, -0.05) is 11.6 Å². The number of ether oxygens (including phenoxy) is 1. The van der Waals surface area contributed by atoms with Crippen molar-refractivity contribution in [2.45, 2.75) is 37.8 Å². The van der Waals surface area contributed by atoms with Gasteiger partial charge in [-0.15, -0.1) is 11.3 Å². The van der Waals surface area contributed by atoms with Gasteiger partial charge in [0.1, 0.15) is 33.2 Å². The van der Waals surface area contributed by atoms with Crippen molar-refractivity contribution in [3.63, 3.8) is 0 Å². The van der Waals surface area contributed by atoms with Crippen LogP contribution < -0.4 is 20.7 Å². The molecular weight excluding hydrogens is 554 g/mol. The molecule has 0 aromatic carbocycles. The summed E-state index contributed by atoms with van der Waals surface area (Å²) in [5.74, 6) is 1.45. The molecule has 2 bridgehead atoms. The van der Waals surface area contributed by atoms with Crippen LogP contribution in [0.15, 0.2) is 23.1 Å². The molecule has 3 aromatic rings. The molecule has 4 fully saturated rings. The van der Waals surface area contributed by atoms with Gasteiger partial charge in [-0.2, -0.15) is 5.10 Å². The van der Waals surface area contributed by atoms with Gasteiger partial charge in [-0.25, -0.2) is 9.50 Å². The minimum absolute atomic E-state index is 0.0126. The minimum Gasteiger partial charge on any atom is -0.487 e. The number of carbonyl (C=O) groups is 1. The van der Waals surface area contributed by atoms with E-state index in [2.05, 4.69) is 41.1 Å². The van der Waals surface area contributed by atoms with Gasteiger partial charge in [0.25, 0.3) is 5.91 Å². The zero-order valence-electron chi connectivity index (χ0n) is 19.1. The highest BCUT2D eigenvalue weighted by Crippen LogP contribution is 2.38. The number of amides is 1. The fraction of sp³-hybridized carbons (Fsp3) is 0.522. The average molecular weight is 581 g/mol. The Bertz CT molecular complexity index is 1260. The number of hydrogen-bond donors (Lipinski definition) is 2. The monoisotopic (exact) mass is 579 g/mol. The molecule has 12 heteroatoms. The zero-order valence-corrected chi connectivity index (χ0v) is 22.3. The molecule has 186 valence electrons. The van der Waals surface area contributed by atoms with E-state index >= 15 is 0 Å². The van der Waals surface area contributed by atoms with Gasteiger partial charge in [0.2, 0.25) is 0 Å². The first kappa shape index (κ1) is 23.3. The maximum atomic E-state index is 13.3. The summed E-state index contributed by atoms with van der Waals surface area (Å²) < 4.78 is 9.50. The number of nitrogen functional groups attached to an aromatic ring is 1. The summed E-state index contributed by atoms with van der Waals surface area (Å²) in [5.41, 5.74) is 7.90. The number of thiophene rings is 1. The number of rotatable bonds is 5. The van der Waals surface area contributed by atoms with Crippen LogP contribution >= 0.6 is 38.9 Å². The van der Waals surface area contributed by atoms with Gasteiger partial charge in [0.05, 0.1) is 10.0 Å². The first-order valence-electron chi connectivity index (χ1n) is 12.0. The lowest BCUT2D eigenvalue weighted by Crippen LogP contribution is -2.52. The summed E-state index contributed by atoms with van der Waals surface area (Å²) in [5, 5.41) is 7.52. The topological polar surface area (TPSA) is 101 Å². The lowest BCUT2D eigenvalue weighted by Gasteiger charge is -2.44. The number of nitrogens with zero attached hydrogens (tertiary/aromatic N) is 5. The molecule has 0 unspecified atom stereocenters. The Balaban J connectivity index is 1.17. The van der Waals surface area contributed by atoms with E-state index in [9.17, 15) is 4.79 Å². The van der Waals surface area contributed by atoms with Crippen LogP contribution in [0.25, 0.3) is 5.52 Å². The highest BCUT2D eigenvalue weighted by molar-refractivity contribution is 9.10. The van der Waals surface area contributed by atoms with Gasteiger partial charge in [0.15, 0.2) is 5.82 Å². The van der Waals surface area contributed by atoms with Crippen LogP contribution in [0.5, 0.6) is 5.75 Å². The third-order valence-corrected chi connectivity index (χ3v) is 9.17. The molecule has 9 nitrogen and oxygen atoms in total. The smallest absolute Gasteiger partial charge is 0.265 e. The molecule has 2 atom stereocenters. The fourth-order valence-electron chi connectivity index (χ4n) is 5.62. The summed E-state index contributed by atoms with van der Waals surface area (Å²) >= 11 is 11.2. The minimum atomic E-state index is -0.129. The normalized spacial score (nSPS) is 26.3. The van der Waals surface area contributed by atoms with Crippen LogP contribution in [0, 0.1) is 5.92 Å². The van der Waals surface area contributed by atoms with Crippen molar-refractivity contribution < 1.29 is 9.53 Å². The quantitative estimate of drug-likeness (QED) is 0.475. The van der Waals surface area contributed by atoms with Crippen molar-refractivity contribution in [3.05, 3.63) is 32.3 Å². The predicted octanol–water partition coefficient (Wildman–Crippen LogP) is 3.66. The maximum absolute atomic E-state index is 13.3. The maximum Gasteiger partial charge on any atom is 0.265 e. The van der Waals surface area contributed by atoms with Crippen molar-refractivity contribution in [3.8, 4) is 5.75 Å². The fourth-order valence-corrected chi connectivity index (χ4v) is 7.15. The number of anilines is 2. The van der Waals surface area contributed by atoms with Gasteiger partial charge in [-0.3, -0.25) is 9.69 Å². The van der Waals surface area contributed by atoms with Crippen molar-refractivity contribution in [2.24, 2.45) is 5.92 Å². The van der Waals surface area contributed by atoms with E-state index in [0.717, 1.165) is 67.7 Å². The molecule has 7 heterocycles. The molecule has 0 aliphatic carbocycles. The first-order valence-corrected chi connectivity index (χ1v) is 14.0. The number of carbonyl (C=O) groups excluding carboxylic acids is 1. The highest BCUT2D eigenvalue weighted by Gasteiger charge is 2.36. The molecule has 3 N–H and O–H groups in total. The second-order valence-corrected chi connectivity index (χ2v) is 12.1. The molecule has 7 rings (SSSR count). The average Bonchev–Trinajstić information content (AvgIpc) is 3.40. The van der Waals surface area contributed by atoms with Crippen LogP contribution in [-0.2, 0) is 0 Å². The Labute approximate surface area is 220 Å². The lowest BCUT2D eigenvalue weighted by atomic mass is 9.86. The van der Waals surface area contributed by atoms with Crippen molar-refractivity contribution in [2.75, 3.05) is 43.4 Å². The van der Waals surface area contributed by atoms with Crippen LogP contribution in [-0.4, -0.2) is 70.3 Å². The number of aromatic nitrogens is 3. The summed E-state index contributed by atoms with van der Waals surface area (Å²) in [6.45, 7) is 4.75. The third-order valence-electron chi connectivity index (χ3n) is 7.37. The molecule has 4 aliphatic rings. The van der Waals surface area contributed by atoms with Crippen LogP contribution in [0.3, 0.4) is 0 Å². The zero-order chi connectivity index (χ0) is 24.1. The number of nitrogens with two attached hydrogens (primary N) is 1. The molecule has 4 aliphatic heterocycles. The van der Waals surface area contributed by atoms with Gasteiger partial charge < -0.3 is 20.7 Å². The molecule has 0 saturated carbocycles. The van der Waals surface area contributed by atoms with Crippen molar-refractivity contribution >= 4 is 61.8 Å². The number of fused-ring (bicyclic) bond motifs is 4. The van der Waals surface area contributed by atoms with Crippen molar-refractivity contribution in [1.82, 2.24) is 24.8 Å². The molecular formula is C23H27BrClN7O2S. The Morgan fingerprint density at radius 2 is 2.06 bits per heavy atom. The molecule has 35 heavy (non-hydrogen) atoms. The third kappa shape index (κ3) is 4.47. The molecule has 3 aromatic heterocycles. The molecule has 0 radical (unpaired) electrons. The Morgan fingerprint density at radius 1 is 1.23 bits per heavy atom. The first-order chi connectivity index (χ1) is 17.0. The number of halogens is 2. The lowest BCUT2D eigenvalue weighted by molar-refractivity contribution is -0.00785. The predicted molar refractivity (Wildman–Crippen MR) is 141 cm³/mol. The van der Waals surface area contributed by atoms with E-state index in [-0.39, 0.29) is 18.1 Å². The van der Waals surface area contributed by atoms with Crippen LogP contribution in [0.4, 0.5) is 11.5 Å². The molecule has 4 saturated heterocycles. The SMILES string of the molecule is Nc1ncnn2c(Br)cc(N3CCC[C@@H](NC(=O)c4sc(Cl)cc4O[C@@H]4CN5CCC4CC5)C3)c12.